The first-order chi connectivity index (χ1) is 18.2. The summed E-state index contributed by atoms with van der Waals surface area (Å²) in [4.78, 5) is 25.9. The minimum absolute atomic E-state index is 0.0923. The Morgan fingerprint density at radius 3 is 2.31 bits per heavy atom. The van der Waals surface area contributed by atoms with Crippen LogP contribution in [-0.4, -0.2) is 48.1 Å². The molecule has 1 aliphatic carbocycles. The zero-order valence-electron chi connectivity index (χ0n) is 25.1. The second-order valence-electron chi connectivity index (χ2n) is 13.0. The van der Waals surface area contributed by atoms with Gasteiger partial charge in [0.05, 0.1) is 5.69 Å². The highest BCUT2D eigenvalue weighted by Gasteiger charge is 2.32. The Kier molecular flexibility index (Phi) is 10.4. The molecule has 1 fully saturated rings. The second-order valence-corrected chi connectivity index (χ2v) is 18.6. The molecule has 1 aliphatic rings. The predicted molar refractivity (Wildman–Crippen MR) is 160 cm³/mol. The van der Waals surface area contributed by atoms with Crippen LogP contribution in [0.2, 0.25) is 25.7 Å². The third-order valence-corrected chi connectivity index (χ3v) is 8.81. The standard InChI is InChI=1S/C30H48N4O4Si/c1-21-26(22(2)34(33-21)20-37-18-19-39(6,7)8)23-14-16-25(17-15-23)31-28(35)27(24-12-10-9-11-13-24)32-29(36)38-30(3,4)5/h14-17,24,27H,9-13,18-20H2,1-8H3,(H,31,35)(H,32,36)/t27-/m0/s1. The molecule has 0 spiro atoms. The van der Waals surface area contributed by atoms with E-state index in [0.29, 0.717) is 12.4 Å². The smallest absolute Gasteiger partial charge is 0.408 e. The Bertz CT molecular complexity index is 1110. The molecule has 0 unspecified atom stereocenters. The van der Waals surface area contributed by atoms with E-state index in [-0.39, 0.29) is 11.8 Å². The number of benzene rings is 1. The van der Waals surface area contributed by atoms with Crippen molar-refractivity contribution in [2.75, 3.05) is 11.9 Å². The average Bonchev–Trinajstić information content (AvgIpc) is 3.12. The molecular formula is C30H48N4O4Si. The molecule has 1 atom stereocenters. The molecule has 2 N–H and O–H groups in total. The summed E-state index contributed by atoms with van der Waals surface area (Å²) in [6, 6.07) is 8.29. The number of hydrogen-bond donors (Lipinski definition) is 2. The lowest BCUT2D eigenvalue weighted by atomic mass is 9.83. The van der Waals surface area contributed by atoms with E-state index in [9.17, 15) is 9.59 Å². The van der Waals surface area contributed by atoms with Gasteiger partial charge in [-0.15, -0.1) is 0 Å². The predicted octanol–water partition coefficient (Wildman–Crippen LogP) is 6.89. The van der Waals surface area contributed by atoms with Crippen LogP contribution in [0.15, 0.2) is 24.3 Å². The molecule has 39 heavy (non-hydrogen) atoms. The third-order valence-electron chi connectivity index (χ3n) is 7.11. The maximum absolute atomic E-state index is 13.4. The van der Waals surface area contributed by atoms with Crippen molar-refractivity contribution >= 4 is 25.8 Å². The molecule has 1 heterocycles. The minimum atomic E-state index is -1.13. The van der Waals surface area contributed by atoms with Gasteiger partial charge in [0, 0.05) is 31.6 Å². The van der Waals surface area contributed by atoms with Crippen LogP contribution in [0.4, 0.5) is 10.5 Å². The minimum Gasteiger partial charge on any atom is -0.444 e. The molecule has 0 bridgehead atoms. The van der Waals surface area contributed by atoms with E-state index in [1.807, 2.05) is 56.6 Å². The number of hydrogen-bond acceptors (Lipinski definition) is 5. The van der Waals surface area contributed by atoms with E-state index in [1.54, 1.807) is 0 Å². The number of nitrogens with one attached hydrogen (secondary N) is 2. The van der Waals surface area contributed by atoms with Crippen molar-refractivity contribution in [1.29, 1.82) is 0 Å². The van der Waals surface area contributed by atoms with Crippen molar-refractivity contribution in [3.05, 3.63) is 35.7 Å². The van der Waals surface area contributed by atoms with E-state index in [1.165, 1.54) is 6.42 Å². The van der Waals surface area contributed by atoms with E-state index < -0.39 is 25.8 Å². The summed E-state index contributed by atoms with van der Waals surface area (Å²) >= 11 is 0. The summed E-state index contributed by atoms with van der Waals surface area (Å²) < 4.78 is 13.3. The van der Waals surface area contributed by atoms with Gasteiger partial charge in [0.2, 0.25) is 5.91 Å². The average molecular weight is 557 g/mol. The summed E-state index contributed by atoms with van der Waals surface area (Å²) in [6.45, 7) is 17.8. The van der Waals surface area contributed by atoms with Crippen molar-refractivity contribution in [3.8, 4) is 11.1 Å². The summed E-state index contributed by atoms with van der Waals surface area (Å²) in [5, 5.41) is 10.6. The van der Waals surface area contributed by atoms with Crippen LogP contribution in [0.5, 0.6) is 0 Å². The highest BCUT2D eigenvalue weighted by molar-refractivity contribution is 6.76. The fourth-order valence-electron chi connectivity index (χ4n) is 5.01. The van der Waals surface area contributed by atoms with E-state index >= 15 is 0 Å². The SMILES string of the molecule is Cc1nn(COCC[Si](C)(C)C)c(C)c1-c1ccc(NC(=O)[C@@H](NC(=O)OC(C)(C)C)C2CCCCC2)cc1. The number of carbonyl (C=O) groups is 2. The molecule has 1 saturated carbocycles. The molecule has 1 aromatic heterocycles. The lowest BCUT2D eigenvalue weighted by Crippen LogP contribution is -2.50. The molecule has 3 rings (SSSR count). The lowest BCUT2D eigenvalue weighted by Gasteiger charge is -2.31. The Balaban J connectivity index is 1.68. The summed E-state index contributed by atoms with van der Waals surface area (Å²) in [5.41, 5.74) is 4.17. The molecule has 9 heteroatoms. The maximum Gasteiger partial charge on any atom is 0.408 e. The quantitative estimate of drug-likeness (QED) is 0.245. The van der Waals surface area contributed by atoms with Crippen LogP contribution in [0.3, 0.4) is 0 Å². The van der Waals surface area contributed by atoms with Crippen LogP contribution in [0, 0.1) is 19.8 Å². The van der Waals surface area contributed by atoms with Crippen LogP contribution in [-0.2, 0) is 21.0 Å². The number of nitrogens with zero attached hydrogens (tertiary/aromatic N) is 2. The number of anilines is 1. The number of amides is 2. The van der Waals surface area contributed by atoms with Gasteiger partial charge in [-0.25, -0.2) is 9.48 Å². The van der Waals surface area contributed by atoms with Crippen molar-refractivity contribution in [3.63, 3.8) is 0 Å². The van der Waals surface area contributed by atoms with Gasteiger partial charge in [0.15, 0.2) is 0 Å². The molecule has 216 valence electrons. The van der Waals surface area contributed by atoms with Gasteiger partial charge in [0.25, 0.3) is 0 Å². The van der Waals surface area contributed by atoms with Gasteiger partial charge in [-0.3, -0.25) is 4.79 Å². The van der Waals surface area contributed by atoms with Crippen LogP contribution in [0.1, 0.15) is 64.3 Å². The Morgan fingerprint density at radius 2 is 1.72 bits per heavy atom. The molecule has 2 aromatic rings. The Labute approximate surface area is 235 Å². The number of ether oxygens (including phenoxy) is 2. The van der Waals surface area contributed by atoms with Crippen molar-refractivity contribution < 1.29 is 19.1 Å². The van der Waals surface area contributed by atoms with Gasteiger partial charge >= 0.3 is 6.09 Å². The molecule has 1 aromatic carbocycles. The van der Waals surface area contributed by atoms with E-state index in [2.05, 4.69) is 37.2 Å². The fraction of sp³-hybridized carbons (Fsp3) is 0.633. The van der Waals surface area contributed by atoms with Crippen LogP contribution in [0.25, 0.3) is 11.1 Å². The summed E-state index contributed by atoms with van der Waals surface area (Å²) in [7, 11) is -1.13. The highest BCUT2D eigenvalue weighted by atomic mass is 28.3. The molecule has 0 saturated heterocycles. The van der Waals surface area contributed by atoms with Gasteiger partial charge in [0.1, 0.15) is 18.4 Å². The summed E-state index contributed by atoms with van der Waals surface area (Å²) in [5.74, 6) is -0.120. The highest BCUT2D eigenvalue weighted by Crippen LogP contribution is 2.30. The maximum atomic E-state index is 13.4. The first kappa shape index (κ1) is 30.9. The third kappa shape index (κ3) is 9.49. The number of carbonyl (C=O) groups excluding carboxylic acids is 2. The Hall–Kier alpha value is -2.65. The number of rotatable bonds is 10. The van der Waals surface area contributed by atoms with Gasteiger partial charge in [-0.2, -0.15) is 5.10 Å². The first-order valence-corrected chi connectivity index (χ1v) is 18.0. The lowest BCUT2D eigenvalue weighted by molar-refractivity contribution is -0.119. The second kappa shape index (κ2) is 13.1. The zero-order chi connectivity index (χ0) is 28.8. The molecular weight excluding hydrogens is 508 g/mol. The molecule has 8 nitrogen and oxygen atoms in total. The molecule has 0 radical (unpaired) electrons. The van der Waals surface area contributed by atoms with E-state index in [4.69, 9.17) is 14.6 Å². The normalized spacial score (nSPS) is 15.6. The van der Waals surface area contributed by atoms with Crippen LogP contribution >= 0.6 is 0 Å². The zero-order valence-corrected chi connectivity index (χ0v) is 26.1. The van der Waals surface area contributed by atoms with Gasteiger partial charge in [-0.1, -0.05) is 51.0 Å². The Morgan fingerprint density at radius 1 is 1.08 bits per heavy atom. The summed E-state index contributed by atoms with van der Waals surface area (Å²) in [6.07, 6.45) is 4.56. The monoisotopic (exact) mass is 556 g/mol. The number of aryl methyl sites for hydroxylation is 1. The first-order valence-electron chi connectivity index (χ1n) is 14.3. The molecule has 0 aliphatic heterocycles. The van der Waals surface area contributed by atoms with Crippen LogP contribution < -0.4 is 10.6 Å². The van der Waals surface area contributed by atoms with Crippen molar-refractivity contribution in [1.82, 2.24) is 15.1 Å². The topological polar surface area (TPSA) is 94.5 Å². The van der Waals surface area contributed by atoms with Crippen molar-refractivity contribution in [2.24, 2.45) is 5.92 Å². The number of alkyl carbamates (subject to hydrolysis) is 1. The van der Waals surface area contributed by atoms with Crippen molar-refractivity contribution in [2.45, 2.75) is 111 Å². The number of aromatic nitrogens is 2. The van der Waals surface area contributed by atoms with Gasteiger partial charge in [-0.05, 0) is 77.1 Å². The van der Waals surface area contributed by atoms with E-state index in [0.717, 1.165) is 60.8 Å². The molecule has 2 amide bonds. The fourth-order valence-corrected chi connectivity index (χ4v) is 5.77. The van der Waals surface area contributed by atoms with Gasteiger partial charge < -0.3 is 20.1 Å². The largest absolute Gasteiger partial charge is 0.444 e.